The van der Waals surface area contributed by atoms with Gasteiger partial charge in [0.05, 0.1) is 21.4 Å². The molecule has 22 heavy (non-hydrogen) atoms. The Kier molecular flexibility index (Phi) is 3.23. The van der Waals surface area contributed by atoms with Crippen molar-refractivity contribution in [3.63, 3.8) is 0 Å². The molecule has 0 aliphatic rings. The molecule has 1 N–H and O–H groups in total. The molecule has 4 rings (SSSR count). The van der Waals surface area contributed by atoms with E-state index >= 15 is 0 Å². The zero-order valence-electron chi connectivity index (χ0n) is 12.2. The Morgan fingerprint density at radius 3 is 3.00 bits per heavy atom. The number of nitrogens with one attached hydrogen (secondary N) is 1. The molecule has 110 valence electrons. The average Bonchev–Trinajstić information content (AvgIpc) is 3.12. The number of thiazole rings is 1. The summed E-state index contributed by atoms with van der Waals surface area (Å²) in [5, 5.41) is 8.88. The largest absolute Gasteiger partial charge is 0.369 e. The molecule has 0 unspecified atom stereocenters. The molecule has 0 aliphatic heterocycles. The normalized spacial score (nSPS) is 11.3. The Morgan fingerprint density at radius 2 is 2.09 bits per heavy atom. The molecule has 0 bridgehead atoms. The summed E-state index contributed by atoms with van der Waals surface area (Å²) in [5.41, 5.74) is 2.93. The third-order valence-electron chi connectivity index (χ3n) is 3.47. The van der Waals surface area contributed by atoms with Crippen molar-refractivity contribution in [3.8, 4) is 0 Å². The molecule has 6 heteroatoms. The minimum absolute atomic E-state index is 0.818. The van der Waals surface area contributed by atoms with Crippen LogP contribution in [-0.4, -0.2) is 26.1 Å². The van der Waals surface area contributed by atoms with Crippen LogP contribution in [0.25, 0.3) is 15.9 Å². The molecule has 0 fully saturated rings. The van der Waals surface area contributed by atoms with Crippen LogP contribution >= 0.6 is 11.3 Å². The number of fused-ring (bicyclic) bond motifs is 2. The number of anilines is 1. The van der Waals surface area contributed by atoms with Gasteiger partial charge in [-0.3, -0.25) is 0 Å². The Hall–Kier alpha value is -2.47. The predicted octanol–water partition coefficient (Wildman–Crippen LogP) is 3.30. The van der Waals surface area contributed by atoms with Crippen molar-refractivity contribution in [2.75, 3.05) is 11.9 Å². The van der Waals surface area contributed by atoms with Gasteiger partial charge in [0.25, 0.3) is 0 Å². The van der Waals surface area contributed by atoms with Gasteiger partial charge < -0.3 is 5.32 Å². The first-order valence-corrected chi connectivity index (χ1v) is 8.01. The minimum Gasteiger partial charge on any atom is -0.369 e. The van der Waals surface area contributed by atoms with Gasteiger partial charge in [-0.1, -0.05) is 12.1 Å². The lowest BCUT2D eigenvalue weighted by Gasteiger charge is -2.08. The molecule has 0 saturated carbocycles. The lowest BCUT2D eigenvalue weighted by Crippen LogP contribution is -2.09. The highest BCUT2D eigenvalue weighted by Gasteiger charge is 2.06. The van der Waals surface area contributed by atoms with Crippen LogP contribution in [-0.2, 0) is 6.42 Å². The second-order valence-electron chi connectivity index (χ2n) is 5.14. The van der Waals surface area contributed by atoms with Gasteiger partial charge in [-0.2, -0.15) is 9.61 Å². The number of aromatic nitrogens is 4. The van der Waals surface area contributed by atoms with Gasteiger partial charge in [0.1, 0.15) is 5.82 Å². The molecule has 3 heterocycles. The number of hydrogen-bond donors (Lipinski definition) is 1. The molecule has 0 spiro atoms. The van der Waals surface area contributed by atoms with Crippen molar-refractivity contribution in [1.29, 1.82) is 0 Å². The summed E-state index contributed by atoms with van der Waals surface area (Å²) < 4.78 is 3.07. The third kappa shape index (κ3) is 2.42. The van der Waals surface area contributed by atoms with Gasteiger partial charge in [0.2, 0.25) is 0 Å². The Morgan fingerprint density at radius 1 is 1.18 bits per heavy atom. The quantitative estimate of drug-likeness (QED) is 0.628. The zero-order valence-corrected chi connectivity index (χ0v) is 13.0. The maximum Gasteiger partial charge on any atom is 0.157 e. The fourth-order valence-corrected chi connectivity index (χ4v) is 3.46. The number of benzene rings is 1. The number of hydrogen-bond acceptors (Lipinski definition) is 5. The van der Waals surface area contributed by atoms with E-state index in [2.05, 4.69) is 38.6 Å². The molecular formula is C16H15N5S. The molecule has 0 amide bonds. The third-order valence-corrected chi connectivity index (χ3v) is 4.57. The first-order valence-electron chi connectivity index (χ1n) is 7.19. The highest BCUT2D eigenvalue weighted by molar-refractivity contribution is 7.18. The van der Waals surface area contributed by atoms with Crippen LogP contribution in [0.1, 0.15) is 10.7 Å². The SMILES string of the molecule is Cc1cc(NCCc2nc3ccccc3s2)n2nccc2n1. The first-order chi connectivity index (χ1) is 10.8. The molecule has 0 aliphatic carbocycles. The number of nitrogens with zero attached hydrogens (tertiary/aromatic N) is 4. The van der Waals surface area contributed by atoms with E-state index in [0.29, 0.717) is 0 Å². The average molecular weight is 309 g/mol. The van der Waals surface area contributed by atoms with Crippen molar-refractivity contribution in [2.24, 2.45) is 0 Å². The minimum atomic E-state index is 0.818. The summed E-state index contributed by atoms with van der Waals surface area (Å²) in [5.74, 6) is 0.966. The van der Waals surface area contributed by atoms with E-state index in [1.54, 1.807) is 17.5 Å². The van der Waals surface area contributed by atoms with Crippen molar-refractivity contribution in [2.45, 2.75) is 13.3 Å². The van der Waals surface area contributed by atoms with Crippen LogP contribution in [0.5, 0.6) is 0 Å². The van der Waals surface area contributed by atoms with E-state index < -0.39 is 0 Å². The van der Waals surface area contributed by atoms with E-state index in [9.17, 15) is 0 Å². The number of para-hydroxylation sites is 1. The second kappa shape index (κ2) is 5.38. The molecule has 0 saturated heterocycles. The molecule has 0 atom stereocenters. The predicted molar refractivity (Wildman–Crippen MR) is 89.5 cm³/mol. The van der Waals surface area contributed by atoms with E-state index in [0.717, 1.165) is 40.6 Å². The zero-order chi connectivity index (χ0) is 14.9. The highest BCUT2D eigenvalue weighted by Crippen LogP contribution is 2.22. The van der Waals surface area contributed by atoms with Crippen LogP contribution in [0.2, 0.25) is 0 Å². The fraction of sp³-hybridized carbons (Fsp3) is 0.188. The maximum atomic E-state index is 4.66. The van der Waals surface area contributed by atoms with E-state index in [1.807, 2.05) is 29.6 Å². The van der Waals surface area contributed by atoms with Gasteiger partial charge in [-0.15, -0.1) is 11.3 Å². The maximum absolute atomic E-state index is 4.66. The molecule has 4 aromatic rings. The highest BCUT2D eigenvalue weighted by atomic mass is 32.1. The Labute approximate surface area is 131 Å². The van der Waals surface area contributed by atoms with Gasteiger partial charge in [0, 0.05) is 30.8 Å². The van der Waals surface area contributed by atoms with Crippen LogP contribution in [0.4, 0.5) is 5.82 Å². The number of rotatable bonds is 4. The first kappa shape index (κ1) is 13.2. The summed E-state index contributed by atoms with van der Waals surface area (Å²) >= 11 is 1.75. The van der Waals surface area contributed by atoms with E-state index in [-0.39, 0.29) is 0 Å². The van der Waals surface area contributed by atoms with Crippen LogP contribution < -0.4 is 5.32 Å². The van der Waals surface area contributed by atoms with E-state index in [1.165, 1.54) is 4.70 Å². The summed E-state index contributed by atoms with van der Waals surface area (Å²) in [6.45, 7) is 2.81. The van der Waals surface area contributed by atoms with E-state index in [4.69, 9.17) is 0 Å². The lowest BCUT2D eigenvalue weighted by molar-refractivity contribution is 0.904. The molecule has 1 aromatic carbocycles. The number of aryl methyl sites for hydroxylation is 1. The molecule has 5 nitrogen and oxygen atoms in total. The molecular weight excluding hydrogens is 294 g/mol. The van der Waals surface area contributed by atoms with Crippen molar-refractivity contribution in [1.82, 2.24) is 19.6 Å². The summed E-state index contributed by atoms with van der Waals surface area (Å²) in [6.07, 6.45) is 2.66. The fourth-order valence-electron chi connectivity index (χ4n) is 2.49. The topological polar surface area (TPSA) is 55.1 Å². The summed E-state index contributed by atoms with van der Waals surface area (Å²) in [4.78, 5) is 9.10. The monoisotopic (exact) mass is 309 g/mol. The standard InChI is InChI=1S/C16H15N5S/c1-11-10-15(21-14(19-11)6-9-18-21)17-8-7-16-20-12-4-2-3-5-13(12)22-16/h2-6,9-10,17H,7-8H2,1H3. The van der Waals surface area contributed by atoms with Gasteiger partial charge in [-0.25, -0.2) is 9.97 Å². The summed E-state index contributed by atoms with van der Waals surface area (Å²) in [7, 11) is 0. The van der Waals surface area contributed by atoms with Gasteiger partial charge in [0.15, 0.2) is 5.65 Å². The van der Waals surface area contributed by atoms with Crippen molar-refractivity contribution < 1.29 is 0 Å². The smallest absolute Gasteiger partial charge is 0.157 e. The van der Waals surface area contributed by atoms with Crippen LogP contribution in [0, 0.1) is 6.92 Å². The molecule has 0 radical (unpaired) electrons. The Balaban J connectivity index is 1.51. The van der Waals surface area contributed by atoms with Crippen molar-refractivity contribution >= 4 is 33.0 Å². The van der Waals surface area contributed by atoms with Crippen LogP contribution in [0.3, 0.4) is 0 Å². The van der Waals surface area contributed by atoms with Gasteiger partial charge >= 0.3 is 0 Å². The van der Waals surface area contributed by atoms with Crippen molar-refractivity contribution in [3.05, 3.63) is 53.3 Å². The lowest BCUT2D eigenvalue weighted by atomic mass is 10.3. The summed E-state index contributed by atoms with van der Waals surface area (Å²) in [6, 6.07) is 12.2. The Bertz CT molecular complexity index is 907. The molecule has 3 aromatic heterocycles. The van der Waals surface area contributed by atoms with Crippen LogP contribution in [0.15, 0.2) is 42.6 Å². The second-order valence-corrected chi connectivity index (χ2v) is 6.25. The van der Waals surface area contributed by atoms with Gasteiger partial charge in [-0.05, 0) is 19.1 Å².